The van der Waals surface area contributed by atoms with E-state index in [-0.39, 0.29) is 5.91 Å². The summed E-state index contributed by atoms with van der Waals surface area (Å²) in [7, 11) is 0. The van der Waals surface area contributed by atoms with E-state index in [9.17, 15) is 14.7 Å². The lowest BCUT2D eigenvalue weighted by atomic mass is 9.82. The first-order valence-corrected chi connectivity index (χ1v) is 9.43. The predicted octanol–water partition coefficient (Wildman–Crippen LogP) is -0.318. The zero-order chi connectivity index (χ0) is 18.5. The maximum absolute atomic E-state index is 12.5. The zero-order valence-corrected chi connectivity index (χ0v) is 15.2. The minimum atomic E-state index is -1.15. The van der Waals surface area contributed by atoms with Gasteiger partial charge in [0, 0.05) is 23.3 Å². The Labute approximate surface area is 154 Å². The molecule has 1 fully saturated rings. The molecule has 1 amide bonds. The molecule has 0 unspecified atom stereocenters. The van der Waals surface area contributed by atoms with Crippen molar-refractivity contribution in [2.75, 3.05) is 42.9 Å². The molecule has 0 saturated carbocycles. The standard InChI is InChI=1S/C20H27N3O3/c1-2-22-11-13-23(14-12-22)16-9-7-15(8-10-16)21-19(24)17-5-3-4-6-18(17)20(25)26/h3-4,7-10,17-18H,2,5-6,11-14H2,1H3,(H,21,24)(H,25,26)/t17-,18-/m0/s1. The number of amides is 1. The molecule has 6 heteroatoms. The molecule has 2 atom stereocenters. The average molecular weight is 357 g/mol. The fourth-order valence-corrected chi connectivity index (χ4v) is 3.79. The number of allylic oxidation sites excluding steroid dienone is 2. The number of aliphatic carboxylic acids is 1. The first-order valence-electron chi connectivity index (χ1n) is 9.43. The van der Waals surface area contributed by atoms with Crippen molar-refractivity contribution < 1.29 is 19.6 Å². The summed E-state index contributed by atoms with van der Waals surface area (Å²) in [4.78, 5) is 27.7. The Bertz CT molecular complexity index is 663. The Balaban J connectivity index is 1.59. The summed E-state index contributed by atoms with van der Waals surface area (Å²) < 4.78 is 0. The first kappa shape index (κ1) is 18.5. The van der Waals surface area contributed by atoms with Gasteiger partial charge in [-0.25, -0.2) is 0 Å². The van der Waals surface area contributed by atoms with Crippen molar-refractivity contribution in [3.63, 3.8) is 0 Å². The van der Waals surface area contributed by atoms with Gasteiger partial charge in [-0.05, 0) is 44.0 Å². The van der Waals surface area contributed by atoms with Crippen molar-refractivity contribution in [1.29, 1.82) is 0 Å². The van der Waals surface area contributed by atoms with Crippen molar-refractivity contribution >= 4 is 23.3 Å². The number of hydrogen-bond donors (Lipinski definition) is 2. The molecule has 1 saturated heterocycles. The number of piperazine rings is 1. The zero-order valence-electron chi connectivity index (χ0n) is 15.2. The second-order valence-electron chi connectivity index (χ2n) is 7.10. The molecule has 1 aromatic carbocycles. The van der Waals surface area contributed by atoms with Gasteiger partial charge in [0.25, 0.3) is 0 Å². The summed E-state index contributed by atoms with van der Waals surface area (Å²) in [5, 5.41) is 14.1. The molecule has 3 rings (SSSR count). The third-order valence-corrected chi connectivity index (χ3v) is 5.54. The molecule has 0 aromatic heterocycles. The number of hydrogen-bond acceptors (Lipinski definition) is 4. The van der Waals surface area contributed by atoms with E-state index in [0.29, 0.717) is 18.5 Å². The molecular weight excluding hydrogens is 330 g/mol. The van der Waals surface area contributed by atoms with Gasteiger partial charge in [-0.1, -0.05) is 12.2 Å². The molecule has 6 nitrogen and oxygen atoms in total. The summed E-state index contributed by atoms with van der Waals surface area (Å²) in [5.41, 5.74) is 1.86. The van der Waals surface area contributed by atoms with Gasteiger partial charge in [-0.15, -0.1) is 0 Å². The van der Waals surface area contributed by atoms with Crippen LogP contribution in [0.2, 0.25) is 0 Å². The number of quaternary nitrogens is 1. The molecule has 1 heterocycles. The Morgan fingerprint density at radius 2 is 1.73 bits per heavy atom. The third kappa shape index (κ3) is 4.25. The van der Waals surface area contributed by atoms with Crippen LogP contribution in [0, 0.1) is 11.8 Å². The summed E-state index contributed by atoms with van der Waals surface area (Å²) in [6.07, 6.45) is 4.46. The van der Waals surface area contributed by atoms with E-state index in [4.69, 9.17) is 0 Å². The Kier molecular flexibility index (Phi) is 5.93. The number of nitrogens with zero attached hydrogens (tertiary/aromatic N) is 1. The molecule has 1 aliphatic heterocycles. The van der Waals surface area contributed by atoms with Crippen LogP contribution >= 0.6 is 0 Å². The van der Waals surface area contributed by atoms with Crippen LogP contribution in [0.3, 0.4) is 0 Å². The second kappa shape index (κ2) is 8.36. The number of likely N-dealkylation sites (N-methyl/N-ethyl adjacent to an activating group) is 1. The van der Waals surface area contributed by atoms with Crippen LogP contribution in [-0.4, -0.2) is 44.6 Å². The smallest absolute Gasteiger partial charge is 0.228 e. The third-order valence-electron chi connectivity index (χ3n) is 5.54. The molecular formula is C20H27N3O3. The van der Waals surface area contributed by atoms with Crippen molar-refractivity contribution in [3.05, 3.63) is 36.4 Å². The second-order valence-corrected chi connectivity index (χ2v) is 7.10. The van der Waals surface area contributed by atoms with Crippen LogP contribution in [0.15, 0.2) is 36.4 Å². The van der Waals surface area contributed by atoms with E-state index in [0.717, 1.165) is 31.9 Å². The van der Waals surface area contributed by atoms with E-state index in [1.54, 1.807) is 11.0 Å². The molecule has 1 aromatic rings. The monoisotopic (exact) mass is 357 g/mol. The normalized spacial score (nSPS) is 23.7. The van der Waals surface area contributed by atoms with Gasteiger partial charge < -0.3 is 25.0 Å². The van der Waals surface area contributed by atoms with Gasteiger partial charge in [-0.3, -0.25) is 4.79 Å². The largest absolute Gasteiger partial charge is 0.550 e. The summed E-state index contributed by atoms with van der Waals surface area (Å²) in [6, 6.07) is 7.81. The maximum Gasteiger partial charge on any atom is 0.228 e. The molecule has 0 bridgehead atoms. The van der Waals surface area contributed by atoms with E-state index in [1.807, 2.05) is 30.3 Å². The van der Waals surface area contributed by atoms with E-state index < -0.39 is 17.8 Å². The van der Waals surface area contributed by atoms with Crippen molar-refractivity contribution in [3.8, 4) is 0 Å². The molecule has 1 aliphatic carbocycles. The number of carboxylic acids is 1. The lowest BCUT2D eigenvalue weighted by molar-refractivity contribution is -0.898. The molecule has 140 valence electrons. The van der Waals surface area contributed by atoms with Gasteiger partial charge in [-0.2, -0.15) is 0 Å². The van der Waals surface area contributed by atoms with Gasteiger partial charge in [0.05, 0.1) is 38.6 Å². The fourth-order valence-electron chi connectivity index (χ4n) is 3.79. The number of carboxylic acid groups (broad SMARTS) is 1. The quantitative estimate of drug-likeness (QED) is 0.709. The molecule has 0 spiro atoms. The minimum Gasteiger partial charge on any atom is -0.550 e. The molecule has 26 heavy (non-hydrogen) atoms. The van der Waals surface area contributed by atoms with Crippen LogP contribution < -0.4 is 20.2 Å². The van der Waals surface area contributed by atoms with Crippen LogP contribution in [0.5, 0.6) is 0 Å². The highest BCUT2D eigenvalue weighted by molar-refractivity contribution is 5.95. The highest BCUT2D eigenvalue weighted by Crippen LogP contribution is 2.27. The van der Waals surface area contributed by atoms with E-state index in [1.165, 1.54) is 6.54 Å². The van der Waals surface area contributed by atoms with Gasteiger partial charge in [0.2, 0.25) is 5.91 Å². The number of anilines is 2. The highest BCUT2D eigenvalue weighted by atomic mass is 16.4. The Morgan fingerprint density at radius 1 is 1.12 bits per heavy atom. The lowest BCUT2D eigenvalue weighted by Gasteiger charge is -2.33. The van der Waals surface area contributed by atoms with Gasteiger partial charge >= 0.3 is 0 Å². The van der Waals surface area contributed by atoms with Crippen LogP contribution in [-0.2, 0) is 9.59 Å². The van der Waals surface area contributed by atoms with Crippen LogP contribution in [0.4, 0.5) is 11.4 Å². The lowest BCUT2D eigenvalue weighted by Crippen LogP contribution is -3.14. The van der Waals surface area contributed by atoms with Gasteiger partial charge in [0.15, 0.2) is 0 Å². The summed E-state index contributed by atoms with van der Waals surface area (Å²) in [5.74, 6) is -2.74. The number of carbonyl (C=O) groups is 2. The number of benzene rings is 1. The minimum absolute atomic E-state index is 0.253. The van der Waals surface area contributed by atoms with E-state index in [2.05, 4.69) is 17.1 Å². The number of nitrogens with one attached hydrogen (secondary N) is 2. The number of carbonyl (C=O) groups excluding carboxylic acids is 2. The van der Waals surface area contributed by atoms with E-state index >= 15 is 0 Å². The summed E-state index contributed by atoms with van der Waals surface area (Å²) in [6.45, 7) is 7.76. The van der Waals surface area contributed by atoms with Crippen LogP contribution in [0.1, 0.15) is 19.8 Å². The Morgan fingerprint density at radius 3 is 2.31 bits per heavy atom. The summed E-state index contributed by atoms with van der Waals surface area (Å²) >= 11 is 0. The first-order chi connectivity index (χ1) is 12.6. The Hall–Kier alpha value is -2.34. The van der Waals surface area contributed by atoms with Crippen LogP contribution in [0.25, 0.3) is 0 Å². The SMILES string of the molecule is CC[NH+]1CCN(c2ccc(NC(=O)[C@H]3CC=CC[C@@H]3C(=O)[O-])cc2)CC1. The topological polar surface area (TPSA) is 76.9 Å². The molecule has 2 aliphatic rings. The highest BCUT2D eigenvalue weighted by Gasteiger charge is 2.29. The van der Waals surface area contributed by atoms with Gasteiger partial charge in [0.1, 0.15) is 0 Å². The predicted molar refractivity (Wildman–Crippen MR) is 98.9 cm³/mol. The maximum atomic E-state index is 12.5. The van der Waals surface area contributed by atoms with Crippen molar-refractivity contribution in [2.24, 2.45) is 11.8 Å². The van der Waals surface area contributed by atoms with Crippen molar-refractivity contribution in [2.45, 2.75) is 19.8 Å². The molecule has 2 N–H and O–H groups in total. The van der Waals surface area contributed by atoms with Crippen molar-refractivity contribution in [1.82, 2.24) is 0 Å². The number of rotatable bonds is 5. The fraction of sp³-hybridized carbons (Fsp3) is 0.500. The molecule has 0 radical (unpaired) electrons. The average Bonchev–Trinajstić information content (AvgIpc) is 2.68.